The quantitative estimate of drug-likeness (QED) is 0.917. The van der Waals surface area contributed by atoms with Gasteiger partial charge in [-0.3, -0.25) is 4.68 Å². The van der Waals surface area contributed by atoms with E-state index in [1.807, 2.05) is 40.0 Å². The van der Waals surface area contributed by atoms with Gasteiger partial charge in [-0.15, -0.1) is 0 Å². The molecule has 0 saturated heterocycles. The smallest absolute Gasteiger partial charge is 0.128 e. The fourth-order valence-corrected chi connectivity index (χ4v) is 2.52. The Morgan fingerprint density at radius 1 is 1.37 bits per heavy atom. The maximum Gasteiger partial charge on any atom is 0.128 e. The Hall–Kier alpha value is -1.68. The van der Waals surface area contributed by atoms with Gasteiger partial charge in [-0.1, -0.05) is 13.0 Å². The summed E-state index contributed by atoms with van der Waals surface area (Å²) in [6.07, 6.45) is 1.74. The molecule has 0 bridgehead atoms. The van der Waals surface area contributed by atoms with Crippen molar-refractivity contribution in [1.82, 2.24) is 15.1 Å². The van der Waals surface area contributed by atoms with Crippen LogP contribution >= 0.6 is 0 Å². The average Bonchev–Trinajstić information content (AvgIpc) is 2.73. The van der Waals surface area contributed by atoms with Crippen molar-refractivity contribution in [1.29, 1.82) is 0 Å². The Morgan fingerprint density at radius 3 is 2.63 bits per heavy atom. The van der Waals surface area contributed by atoms with E-state index in [-0.39, 0.29) is 11.9 Å². The Kier molecular flexibility index (Phi) is 4.00. The number of halogens is 1. The molecule has 4 heteroatoms. The van der Waals surface area contributed by atoms with E-state index in [9.17, 15) is 4.39 Å². The molecule has 19 heavy (non-hydrogen) atoms. The molecule has 1 aromatic carbocycles. The summed E-state index contributed by atoms with van der Waals surface area (Å²) in [5, 5.41) is 7.52. The molecule has 0 aliphatic carbocycles. The summed E-state index contributed by atoms with van der Waals surface area (Å²) in [7, 11) is 1.88. The lowest BCUT2D eigenvalue weighted by Crippen LogP contribution is -2.26. The molecule has 1 atom stereocenters. The lowest BCUT2D eigenvalue weighted by molar-refractivity contribution is 0.529. The SMILES string of the molecule is CCNC(c1c(C)cc(C)cc1F)c1ccnn1C. The highest BCUT2D eigenvalue weighted by Gasteiger charge is 2.22. The summed E-state index contributed by atoms with van der Waals surface area (Å²) in [6, 6.07) is 5.35. The molecule has 1 heterocycles. The number of aromatic nitrogens is 2. The summed E-state index contributed by atoms with van der Waals surface area (Å²) >= 11 is 0. The van der Waals surface area contributed by atoms with Gasteiger partial charge >= 0.3 is 0 Å². The summed E-state index contributed by atoms with van der Waals surface area (Å²) in [5.74, 6) is -0.162. The first kappa shape index (κ1) is 13.7. The van der Waals surface area contributed by atoms with Gasteiger partial charge in [0.15, 0.2) is 0 Å². The molecule has 0 spiro atoms. The third kappa shape index (κ3) is 2.68. The van der Waals surface area contributed by atoms with Crippen molar-refractivity contribution in [2.45, 2.75) is 26.8 Å². The molecule has 0 aliphatic rings. The minimum Gasteiger partial charge on any atom is -0.305 e. The van der Waals surface area contributed by atoms with Crippen LogP contribution in [0.15, 0.2) is 24.4 Å². The van der Waals surface area contributed by atoms with E-state index < -0.39 is 0 Å². The Morgan fingerprint density at radius 2 is 2.11 bits per heavy atom. The molecule has 3 nitrogen and oxygen atoms in total. The van der Waals surface area contributed by atoms with E-state index in [2.05, 4.69) is 10.4 Å². The number of benzene rings is 1. The molecule has 2 aromatic rings. The molecule has 0 fully saturated rings. The molecule has 0 radical (unpaired) electrons. The van der Waals surface area contributed by atoms with Crippen molar-refractivity contribution in [2.24, 2.45) is 7.05 Å². The summed E-state index contributed by atoms with van der Waals surface area (Å²) in [6.45, 7) is 6.64. The maximum atomic E-state index is 14.3. The number of nitrogens with zero attached hydrogens (tertiary/aromatic N) is 2. The molecule has 0 saturated carbocycles. The standard InChI is InChI=1S/C15H20FN3/c1-5-17-15(13-6-7-18-19(13)4)14-11(3)8-10(2)9-12(14)16/h6-9,15,17H,5H2,1-4H3. The number of aryl methyl sites for hydroxylation is 3. The van der Waals surface area contributed by atoms with Gasteiger partial charge in [0.2, 0.25) is 0 Å². The second-order valence-corrected chi connectivity index (χ2v) is 4.85. The topological polar surface area (TPSA) is 29.9 Å². The zero-order chi connectivity index (χ0) is 14.0. The van der Waals surface area contributed by atoms with Gasteiger partial charge in [-0.2, -0.15) is 5.10 Å². The van der Waals surface area contributed by atoms with Gasteiger partial charge in [-0.25, -0.2) is 4.39 Å². The number of rotatable bonds is 4. The molecule has 0 amide bonds. The van der Waals surface area contributed by atoms with Gasteiger partial charge in [0, 0.05) is 18.8 Å². The van der Waals surface area contributed by atoms with E-state index in [0.29, 0.717) is 5.56 Å². The van der Waals surface area contributed by atoms with Crippen LogP contribution in [-0.2, 0) is 7.05 Å². The van der Waals surface area contributed by atoms with Crippen LogP contribution in [0.5, 0.6) is 0 Å². The van der Waals surface area contributed by atoms with Gasteiger partial charge < -0.3 is 5.32 Å². The van der Waals surface area contributed by atoms with E-state index in [1.165, 1.54) is 0 Å². The third-order valence-electron chi connectivity index (χ3n) is 3.33. The van der Waals surface area contributed by atoms with E-state index in [1.54, 1.807) is 16.9 Å². The zero-order valence-corrected chi connectivity index (χ0v) is 11.9. The Labute approximate surface area is 113 Å². The largest absolute Gasteiger partial charge is 0.305 e. The van der Waals surface area contributed by atoms with Crippen molar-refractivity contribution in [3.63, 3.8) is 0 Å². The minimum atomic E-state index is -0.168. The highest BCUT2D eigenvalue weighted by atomic mass is 19.1. The first-order valence-corrected chi connectivity index (χ1v) is 6.52. The molecular weight excluding hydrogens is 241 g/mol. The normalized spacial score (nSPS) is 12.7. The molecule has 0 aliphatic heterocycles. The number of hydrogen-bond donors (Lipinski definition) is 1. The Bertz CT molecular complexity index is 552. The van der Waals surface area contributed by atoms with Crippen LogP contribution in [0.2, 0.25) is 0 Å². The Balaban J connectivity index is 2.54. The molecule has 1 aromatic heterocycles. The zero-order valence-electron chi connectivity index (χ0n) is 11.9. The van der Waals surface area contributed by atoms with Crippen molar-refractivity contribution in [3.8, 4) is 0 Å². The van der Waals surface area contributed by atoms with Crippen LogP contribution in [0.4, 0.5) is 4.39 Å². The van der Waals surface area contributed by atoms with Crippen LogP contribution < -0.4 is 5.32 Å². The average molecular weight is 261 g/mol. The number of nitrogens with one attached hydrogen (secondary N) is 1. The summed E-state index contributed by atoms with van der Waals surface area (Å²) < 4.78 is 16.1. The highest BCUT2D eigenvalue weighted by Crippen LogP contribution is 2.27. The van der Waals surface area contributed by atoms with Crippen LogP contribution in [0.25, 0.3) is 0 Å². The van der Waals surface area contributed by atoms with Crippen LogP contribution in [-0.4, -0.2) is 16.3 Å². The van der Waals surface area contributed by atoms with Crippen LogP contribution in [0.1, 0.15) is 35.3 Å². The lowest BCUT2D eigenvalue weighted by atomic mass is 9.96. The van der Waals surface area contributed by atoms with Crippen LogP contribution in [0.3, 0.4) is 0 Å². The predicted molar refractivity (Wildman–Crippen MR) is 74.6 cm³/mol. The van der Waals surface area contributed by atoms with Crippen molar-refractivity contribution in [3.05, 3.63) is 52.6 Å². The summed E-state index contributed by atoms with van der Waals surface area (Å²) in [4.78, 5) is 0. The monoisotopic (exact) mass is 261 g/mol. The second-order valence-electron chi connectivity index (χ2n) is 4.85. The maximum absolute atomic E-state index is 14.3. The van der Waals surface area contributed by atoms with Crippen LogP contribution in [0, 0.1) is 19.7 Å². The van der Waals surface area contributed by atoms with E-state index in [0.717, 1.165) is 23.4 Å². The summed E-state index contributed by atoms with van der Waals surface area (Å²) in [5.41, 5.74) is 3.58. The van der Waals surface area contributed by atoms with Crippen molar-refractivity contribution < 1.29 is 4.39 Å². The number of hydrogen-bond acceptors (Lipinski definition) is 2. The van der Waals surface area contributed by atoms with Crippen molar-refractivity contribution in [2.75, 3.05) is 6.54 Å². The fraction of sp³-hybridized carbons (Fsp3) is 0.400. The second kappa shape index (κ2) is 5.53. The van der Waals surface area contributed by atoms with Gasteiger partial charge in [0.25, 0.3) is 0 Å². The van der Waals surface area contributed by atoms with E-state index >= 15 is 0 Å². The molecule has 1 N–H and O–H groups in total. The predicted octanol–water partition coefficient (Wildman–Crippen LogP) is 2.87. The third-order valence-corrected chi connectivity index (χ3v) is 3.33. The first-order chi connectivity index (χ1) is 9.04. The van der Waals surface area contributed by atoms with Gasteiger partial charge in [-0.05, 0) is 43.7 Å². The van der Waals surface area contributed by atoms with Gasteiger partial charge in [0.05, 0.1) is 11.7 Å². The first-order valence-electron chi connectivity index (χ1n) is 6.52. The van der Waals surface area contributed by atoms with Gasteiger partial charge in [0.1, 0.15) is 5.82 Å². The lowest BCUT2D eigenvalue weighted by Gasteiger charge is -2.21. The molecular formula is C15H20FN3. The molecule has 102 valence electrons. The molecule has 2 rings (SSSR count). The fourth-order valence-electron chi connectivity index (χ4n) is 2.52. The van der Waals surface area contributed by atoms with E-state index in [4.69, 9.17) is 0 Å². The minimum absolute atomic E-state index is 0.162. The van der Waals surface area contributed by atoms with Crippen molar-refractivity contribution >= 4 is 0 Å². The highest BCUT2D eigenvalue weighted by molar-refractivity contribution is 5.38. The molecule has 1 unspecified atom stereocenters.